The van der Waals surface area contributed by atoms with Gasteiger partial charge in [-0.2, -0.15) is 0 Å². The molecule has 0 amide bonds. The summed E-state index contributed by atoms with van der Waals surface area (Å²) in [6.45, 7) is 7.67. The Balaban J connectivity index is 2.60. The summed E-state index contributed by atoms with van der Waals surface area (Å²) in [5.41, 5.74) is -0.388. The highest BCUT2D eigenvalue weighted by molar-refractivity contribution is 4.82. The molecule has 0 aromatic rings. The molecule has 4 unspecified atom stereocenters. The van der Waals surface area contributed by atoms with E-state index in [1.165, 1.54) is 0 Å². The Bertz CT molecular complexity index is 199. The van der Waals surface area contributed by atoms with Crippen molar-refractivity contribution in [1.82, 2.24) is 0 Å². The quantitative estimate of drug-likeness (QED) is 0.727. The SMILES string of the molecule is CCC1CC(O)C(O)C(OC(C)(C)C)O1. The lowest BCUT2D eigenvalue weighted by atomic mass is 10.0. The second kappa shape index (κ2) is 4.78. The van der Waals surface area contributed by atoms with Crippen molar-refractivity contribution in [3.05, 3.63) is 0 Å². The summed E-state index contributed by atoms with van der Waals surface area (Å²) in [6.07, 6.45) is -1.17. The molecule has 0 bridgehead atoms. The van der Waals surface area contributed by atoms with Crippen LogP contribution < -0.4 is 0 Å². The summed E-state index contributed by atoms with van der Waals surface area (Å²) in [7, 11) is 0. The van der Waals surface area contributed by atoms with Gasteiger partial charge < -0.3 is 19.7 Å². The minimum absolute atomic E-state index is 0.0317. The van der Waals surface area contributed by atoms with Gasteiger partial charge in [0.15, 0.2) is 6.29 Å². The molecule has 0 aliphatic carbocycles. The average Bonchev–Trinajstić information content (AvgIpc) is 2.10. The monoisotopic (exact) mass is 218 g/mol. The molecule has 15 heavy (non-hydrogen) atoms. The lowest BCUT2D eigenvalue weighted by Gasteiger charge is -2.39. The van der Waals surface area contributed by atoms with Gasteiger partial charge in [0.2, 0.25) is 0 Å². The van der Waals surface area contributed by atoms with Crippen molar-refractivity contribution in [1.29, 1.82) is 0 Å². The third kappa shape index (κ3) is 3.72. The first-order valence-electron chi connectivity index (χ1n) is 5.53. The van der Waals surface area contributed by atoms with E-state index < -0.39 is 18.5 Å². The molecule has 0 spiro atoms. The van der Waals surface area contributed by atoms with Crippen molar-refractivity contribution in [3.63, 3.8) is 0 Å². The van der Waals surface area contributed by atoms with Crippen molar-refractivity contribution in [2.75, 3.05) is 0 Å². The van der Waals surface area contributed by atoms with Gasteiger partial charge in [0.25, 0.3) is 0 Å². The van der Waals surface area contributed by atoms with E-state index in [2.05, 4.69) is 0 Å². The largest absolute Gasteiger partial charge is 0.390 e. The lowest BCUT2D eigenvalue weighted by molar-refractivity contribution is -0.293. The van der Waals surface area contributed by atoms with E-state index >= 15 is 0 Å². The van der Waals surface area contributed by atoms with E-state index in [4.69, 9.17) is 9.47 Å². The van der Waals surface area contributed by atoms with E-state index in [0.717, 1.165) is 6.42 Å². The Morgan fingerprint density at radius 1 is 1.33 bits per heavy atom. The van der Waals surface area contributed by atoms with Crippen molar-refractivity contribution in [3.8, 4) is 0 Å². The number of ether oxygens (including phenoxy) is 2. The van der Waals surface area contributed by atoms with Crippen molar-refractivity contribution < 1.29 is 19.7 Å². The molecule has 1 heterocycles. The summed E-state index contributed by atoms with van der Waals surface area (Å²) in [5.74, 6) is 0. The first kappa shape index (κ1) is 12.9. The smallest absolute Gasteiger partial charge is 0.186 e. The van der Waals surface area contributed by atoms with Crippen LogP contribution in [0.4, 0.5) is 0 Å². The maximum Gasteiger partial charge on any atom is 0.186 e. The molecule has 1 aliphatic rings. The molecule has 2 N–H and O–H groups in total. The maximum atomic E-state index is 9.71. The highest BCUT2D eigenvalue weighted by atomic mass is 16.7. The first-order chi connectivity index (χ1) is 6.83. The molecular weight excluding hydrogens is 196 g/mol. The molecule has 0 saturated carbocycles. The van der Waals surface area contributed by atoms with Crippen molar-refractivity contribution >= 4 is 0 Å². The number of rotatable bonds is 2. The molecule has 1 rings (SSSR count). The maximum absolute atomic E-state index is 9.71. The molecule has 1 fully saturated rings. The number of hydrogen-bond donors (Lipinski definition) is 2. The van der Waals surface area contributed by atoms with Crippen LogP contribution in [0.2, 0.25) is 0 Å². The van der Waals surface area contributed by atoms with Crippen LogP contribution in [0.5, 0.6) is 0 Å². The van der Waals surface area contributed by atoms with E-state index in [1.54, 1.807) is 0 Å². The zero-order chi connectivity index (χ0) is 11.6. The molecule has 90 valence electrons. The fraction of sp³-hybridized carbons (Fsp3) is 1.00. The van der Waals surface area contributed by atoms with E-state index in [0.29, 0.717) is 6.42 Å². The van der Waals surface area contributed by atoms with Crippen LogP contribution in [0.3, 0.4) is 0 Å². The van der Waals surface area contributed by atoms with E-state index in [9.17, 15) is 10.2 Å². The summed E-state index contributed by atoms with van der Waals surface area (Å²) in [5, 5.41) is 19.4. The third-order valence-corrected chi connectivity index (χ3v) is 2.43. The zero-order valence-electron chi connectivity index (χ0n) is 9.93. The Kier molecular flexibility index (Phi) is 4.12. The second-order valence-electron chi connectivity index (χ2n) is 5.06. The fourth-order valence-corrected chi connectivity index (χ4v) is 1.62. The van der Waals surface area contributed by atoms with Crippen LogP contribution in [0.25, 0.3) is 0 Å². The normalized spacial score (nSPS) is 38.0. The van der Waals surface area contributed by atoms with E-state index in [-0.39, 0.29) is 11.7 Å². The lowest BCUT2D eigenvalue weighted by Crippen LogP contribution is -2.51. The Labute approximate surface area is 91.2 Å². The molecular formula is C11H22O4. The van der Waals surface area contributed by atoms with Gasteiger partial charge in [-0.15, -0.1) is 0 Å². The summed E-state index contributed by atoms with van der Waals surface area (Å²) in [6, 6.07) is 0. The highest BCUT2D eigenvalue weighted by Gasteiger charge is 2.38. The van der Waals surface area contributed by atoms with Gasteiger partial charge in [-0.05, 0) is 27.2 Å². The molecule has 0 aromatic heterocycles. The van der Waals surface area contributed by atoms with Crippen LogP contribution >= 0.6 is 0 Å². The molecule has 0 radical (unpaired) electrons. The number of aliphatic hydroxyl groups excluding tert-OH is 2. The van der Waals surface area contributed by atoms with Crippen LogP contribution in [0.15, 0.2) is 0 Å². The summed E-state index contributed by atoms with van der Waals surface area (Å²) < 4.78 is 11.1. The van der Waals surface area contributed by atoms with Gasteiger partial charge in [-0.1, -0.05) is 6.92 Å². The molecule has 4 atom stereocenters. The minimum Gasteiger partial charge on any atom is -0.390 e. The summed E-state index contributed by atoms with van der Waals surface area (Å²) >= 11 is 0. The van der Waals surface area contributed by atoms with Crippen molar-refractivity contribution in [2.45, 2.75) is 70.7 Å². The van der Waals surface area contributed by atoms with E-state index in [1.807, 2.05) is 27.7 Å². The van der Waals surface area contributed by atoms with Gasteiger partial charge >= 0.3 is 0 Å². The molecule has 4 nitrogen and oxygen atoms in total. The average molecular weight is 218 g/mol. The van der Waals surface area contributed by atoms with Gasteiger partial charge in [0, 0.05) is 6.42 Å². The van der Waals surface area contributed by atoms with Crippen LogP contribution in [-0.4, -0.2) is 40.4 Å². The van der Waals surface area contributed by atoms with Crippen molar-refractivity contribution in [2.24, 2.45) is 0 Å². The molecule has 4 heteroatoms. The molecule has 1 aliphatic heterocycles. The predicted molar refractivity (Wildman–Crippen MR) is 56.4 cm³/mol. The number of hydrogen-bond acceptors (Lipinski definition) is 4. The van der Waals surface area contributed by atoms with Gasteiger partial charge in [0.05, 0.1) is 17.8 Å². The number of aliphatic hydroxyl groups is 2. The topological polar surface area (TPSA) is 58.9 Å². The second-order valence-corrected chi connectivity index (χ2v) is 5.06. The van der Waals surface area contributed by atoms with Crippen LogP contribution in [-0.2, 0) is 9.47 Å². The predicted octanol–water partition coefficient (Wildman–Crippen LogP) is 1.05. The Morgan fingerprint density at radius 2 is 1.93 bits per heavy atom. The standard InChI is InChI=1S/C11H22O4/c1-5-7-6-8(12)9(13)10(14-7)15-11(2,3)4/h7-10,12-13H,5-6H2,1-4H3. The van der Waals surface area contributed by atoms with Crippen LogP contribution in [0, 0.1) is 0 Å². The molecule has 1 saturated heterocycles. The minimum atomic E-state index is -0.952. The zero-order valence-corrected chi connectivity index (χ0v) is 9.93. The first-order valence-corrected chi connectivity index (χ1v) is 5.53. The Hall–Kier alpha value is -0.160. The van der Waals surface area contributed by atoms with Gasteiger partial charge in [0.1, 0.15) is 6.10 Å². The Morgan fingerprint density at radius 3 is 2.40 bits per heavy atom. The molecule has 0 aromatic carbocycles. The summed E-state index contributed by atoms with van der Waals surface area (Å²) in [4.78, 5) is 0. The highest BCUT2D eigenvalue weighted by Crippen LogP contribution is 2.26. The van der Waals surface area contributed by atoms with Gasteiger partial charge in [-0.3, -0.25) is 0 Å². The van der Waals surface area contributed by atoms with Crippen LogP contribution in [0.1, 0.15) is 40.5 Å². The third-order valence-electron chi connectivity index (χ3n) is 2.43. The van der Waals surface area contributed by atoms with Gasteiger partial charge in [-0.25, -0.2) is 0 Å². The fourth-order valence-electron chi connectivity index (χ4n) is 1.62.